The van der Waals surface area contributed by atoms with Crippen molar-refractivity contribution in [3.8, 4) is 6.07 Å². The first-order valence-electron chi connectivity index (χ1n) is 2.13. The zero-order valence-electron chi connectivity index (χ0n) is 5.69. The topological polar surface area (TPSA) is 46.8 Å². The van der Waals surface area contributed by atoms with Gasteiger partial charge in [0.05, 0.1) is 6.07 Å². The van der Waals surface area contributed by atoms with Crippen molar-refractivity contribution >= 4 is 0 Å². The van der Waals surface area contributed by atoms with E-state index in [1.54, 1.807) is 0 Å². The van der Waals surface area contributed by atoms with Gasteiger partial charge in [0.25, 0.3) is 5.92 Å². The first kappa shape index (κ1) is 13.1. The summed E-state index contributed by atoms with van der Waals surface area (Å²) in [5.74, 6) is -4.86. The molecule has 0 aromatic carbocycles. The second-order valence-electron chi connectivity index (χ2n) is 1.53. The Labute approximate surface area is 99.9 Å². The Hall–Kier alpha value is 0.526. The summed E-state index contributed by atoms with van der Waals surface area (Å²) in [6.07, 6.45) is 0.292. The maximum atomic E-state index is 11.8. The van der Waals surface area contributed by atoms with Crippen molar-refractivity contribution in [3.63, 3.8) is 0 Å². The van der Waals surface area contributed by atoms with Gasteiger partial charge in [-0.25, -0.2) is 8.78 Å². The Kier molecular flexibility index (Phi) is 6.85. The molecule has 0 saturated heterocycles. The minimum Gasteiger partial charge on any atom is -0.871 e. The van der Waals surface area contributed by atoms with Gasteiger partial charge in [-0.15, -0.1) is 0 Å². The van der Waals surface area contributed by atoms with Crippen molar-refractivity contribution in [2.24, 2.45) is 0 Å². The normalized spacial score (nSPS) is 11.6. The standard InChI is InChI=1S/C5H5F2NO.K/c1-5(6,7)4(9)2-3-8;/h2,9H,1H3;/q;+1/p-1/b4-2+;. The Bertz CT molecular complexity index is 167. The second-order valence-corrected chi connectivity index (χ2v) is 1.53. The zero-order valence-corrected chi connectivity index (χ0v) is 8.81. The molecule has 50 valence electrons. The summed E-state index contributed by atoms with van der Waals surface area (Å²) in [4.78, 5) is 0. The van der Waals surface area contributed by atoms with Crippen LogP contribution in [-0.2, 0) is 0 Å². The van der Waals surface area contributed by atoms with E-state index < -0.39 is 11.7 Å². The maximum Gasteiger partial charge on any atom is 1.00 e. The largest absolute Gasteiger partial charge is 1.00 e. The Morgan fingerprint density at radius 1 is 1.70 bits per heavy atom. The number of hydrogen-bond acceptors (Lipinski definition) is 2. The van der Waals surface area contributed by atoms with Crippen molar-refractivity contribution in [1.82, 2.24) is 0 Å². The third-order valence-corrected chi connectivity index (χ3v) is 0.628. The molecule has 0 saturated carbocycles. The van der Waals surface area contributed by atoms with E-state index in [2.05, 4.69) is 0 Å². The molecule has 0 unspecified atom stereocenters. The number of hydrogen-bond donors (Lipinski definition) is 0. The summed E-state index contributed by atoms with van der Waals surface area (Å²) in [5, 5.41) is 17.8. The molecule has 2 nitrogen and oxygen atoms in total. The number of nitrogens with zero attached hydrogens (tertiary/aromatic N) is 1. The molecule has 0 amide bonds. The van der Waals surface area contributed by atoms with Crippen LogP contribution in [0.2, 0.25) is 0 Å². The SMILES string of the molecule is CC(F)(F)/C([O-])=C\C#N.[K+]. The fourth-order valence-electron chi connectivity index (χ4n) is 0.185. The third kappa shape index (κ3) is 5.32. The van der Waals surface area contributed by atoms with E-state index in [1.807, 2.05) is 0 Å². The first-order chi connectivity index (χ1) is 3.98. The van der Waals surface area contributed by atoms with E-state index in [-0.39, 0.29) is 51.4 Å². The molecule has 0 aliphatic heterocycles. The van der Waals surface area contributed by atoms with Gasteiger partial charge in [0.15, 0.2) is 0 Å². The van der Waals surface area contributed by atoms with Crippen LogP contribution in [0.4, 0.5) is 8.78 Å². The molecule has 0 aromatic rings. The Morgan fingerprint density at radius 3 is 2.20 bits per heavy atom. The Morgan fingerprint density at radius 2 is 2.10 bits per heavy atom. The smallest absolute Gasteiger partial charge is 0.871 e. The molecular weight excluding hydrogens is 167 g/mol. The summed E-state index contributed by atoms with van der Waals surface area (Å²) in [5.41, 5.74) is 0. The molecule has 0 bridgehead atoms. The van der Waals surface area contributed by atoms with E-state index >= 15 is 0 Å². The summed E-state index contributed by atoms with van der Waals surface area (Å²) < 4.78 is 23.5. The molecule has 0 N–H and O–H groups in total. The fourth-order valence-corrected chi connectivity index (χ4v) is 0.185. The molecule has 5 heteroatoms. The van der Waals surface area contributed by atoms with E-state index in [4.69, 9.17) is 5.26 Å². The van der Waals surface area contributed by atoms with Gasteiger partial charge in [-0.05, 0) is 0 Å². The van der Waals surface area contributed by atoms with E-state index in [9.17, 15) is 13.9 Å². The average molecular weight is 171 g/mol. The van der Waals surface area contributed by atoms with Gasteiger partial charge in [-0.1, -0.05) is 5.76 Å². The number of halogens is 2. The van der Waals surface area contributed by atoms with Crippen LogP contribution in [0.1, 0.15) is 6.92 Å². The second kappa shape index (κ2) is 5.21. The maximum absolute atomic E-state index is 11.8. The van der Waals surface area contributed by atoms with Gasteiger partial charge < -0.3 is 5.11 Å². The third-order valence-electron chi connectivity index (χ3n) is 0.628. The predicted octanol–water partition coefficient (Wildman–Crippen LogP) is -2.59. The summed E-state index contributed by atoms with van der Waals surface area (Å²) in [7, 11) is 0. The quantitative estimate of drug-likeness (QED) is 0.247. The van der Waals surface area contributed by atoms with Crippen molar-refractivity contribution < 1.29 is 65.3 Å². The van der Waals surface area contributed by atoms with Crippen LogP contribution in [0, 0.1) is 11.3 Å². The summed E-state index contributed by atoms with van der Waals surface area (Å²) in [6.45, 7) is 0.448. The van der Waals surface area contributed by atoms with E-state index in [0.717, 1.165) is 0 Å². The van der Waals surface area contributed by atoms with Crippen LogP contribution in [0.3, 0.4) is 0 Å². The number of allylic oxidation sites excluding steroid dienone is 2. The summed E-state index contributed by atoms with van der Waals surface area (Å²) in [6, 6.07) is 1.22. The molecular formula is C5H4F2KNO. The van der Waals surface area contributed by atoms with Crippen LogP contribution in [0.15, 0.2) is 11.8 Å². The number of alkyl halides is 2. The van der Waals surface area contributed by atoms with Crippen LogP contribution >= 0.6 is 0 Å². The molecule has 0 aliphatic carbocycles. The molecule has 0 fully saturated rings. The van der Waals surface area contributed by atoms with E-state index in [1.165, 1.54) is 6.07 Å². The molecule has 0 heterocycles. The van der Waals surface area contributed by atoms with Crippen molar-refractivity contribution in [1.29, 1.82) is 5.26 Å². The van der Waals surface area contributed by atoms with Gasteiger partial charge in [0, 0.05) is 13.0 Å². The molecule has 0 aromatic heterocycles. The van der Waals surface area contributed by atoms with Gasteiger partial charge >= 0.3 is 51.4 Å². The average Bonchev–Trinajstić information content (AvgIpc) is 1.64. The first-order valence-corrected chi connectivity index (χ1v) is 2.13. The van der Waals surface area contributed by atoms with Gasteiger partial charge in [-0.3, -0.25) is 0 Å². The van der Waals surface area contributed by atoms with Crippen molar-refractivity contribution in [2.75, 3.05) is 0 Å². The number of nitriles is 1. The van der Waals surface area contributed by atoms with Crippen molar-refractivity contribution in [3.05, 3.63) is 11.8 Å². The van der Waals surface area contributed by atoms with Crippen LogP contribution < -0.4 is 56.5 Å². The zero-order chi connectivity index (χ0) is 7.49. The summed E-state index contributed by atoms with van der Waals surface area (Å²) >= 11 is 0. The fraction of sp³-hybridized carbons (Fsp3) is 0.400. The number of rotatable bonds is 1. The van der Waals surface area contributed by atoms with Crippen LogP contribution in [0.25, 0.3) is 0 Å². The van der Waals surface area contributed by atoms with Crippen LogP contribution in [-0.4, -0.2) is 5.92 Å². The predicted molar refractivity (Wildman–Crippen MR) is 24.3 cm³/mol. The molecule has 0 atom stereocenters. The van der Waals surface area contributed by atoms with Gasteiger partial charge in [-0.2, -0.15) is 5.26 Å². The molecule has 10 heavy (non-hydrogen) atoms. The minimum absolute atomic E-state index is 0. The molecule has 0 rings (SSSR count). The Balaban J connectivity index is 0. The van der Waals surface area contributed by atoms with Crippen molar-refractivity contribution in [2.45, 2.75) is 12.8 Å². The minimum atomic E-state index is -3.41. The molecule has 0 aliphatic rings. The van der Waals surface area contributed by atoms with Gasteiger partial charge in [0.2, 0.25) is 0 Å². The molecule has 0 spiro atoms. The van der Waals surface area contributed by atoms with E-state index in [0.29, 0.717) is 13.0 Å². The van der Waals surface area contributed by atoms with Crippen LogP contribution in [0.5, 0.6) is 0 Å². The monoisotopic (exact) mass is 171 g/mol. The van der Waals surface area contributed by atoms with Gasteiger partial charge in [0.1, 0.15) is 0 Å². The molecule has 0 radical (unpaired) electrons.